The maximum Gasteiger partial charge on any atom is 0.354 e. The van der Waals surface area contributed by atoms with E-state index < -0.39 is 23.4 Å². The molecule has 0 atom stereocenters. The van der Waals surface area contributed by atoms with Crippen LogP contribution in [0.3, 0.4) is 0 Å². The fourth-order valence-corrected chi connectivity index (χ4v) is 5.19. The van der Waals surface area contributed by atoms with Gasteiger partial charge in [-0.3, -0.25) is 44.6 Å². The number of pyridine rings is 4. The molecule has 3 amide bonds. The molecule has 0 bridgehead atoms. The zero-order valence-corrected chi connectivity index (χ0v) is 32.0. The number of aromatic carboxylic acids is 1. The number of hydroxylamine groups is 3. The molecule has 6 N–H and O–H groups in total. The molecule has 0 saturated carbocycles. The predicted octanol–water partition coefficient (Wildman–Crippen LogP) is 7.34. The molecule has 0 fully saturated rings. The lowest BCUT2D eigenvalue weighted by Crippen LogP contribution is -2.33. The monoisotopic (exact) mass is 793 g/mol. The molecule has 0 unspecified atom stereocenters. The Bertz CT molecular complexity index is 2660. The molecule has 4 aromatic carbocycles. The number of fused-ring (bicyclic) bond motifs is 4. The van der Waals surface area contributed by atoms with Crippen LogP contribution in [-0.4, -0.2) is 64.7 Å². The Morgan fingerprint density at radius 3 is 1.02 bits per heavy atom. The van der Waals surface area contributed by atoms with Crippen LogP contribution in [0.15, 0.2) is 146 Å². The van der Waals surface area contributed by atoms with Crippen molar-refractivity contribution >= 4 is 66.8 Å². The van der Waals surface area contributed by atoms with Gasteiger partial charge in [0.25, 0.3) is 17.7 Å². The number of carbonyl (C=O) groups is 4. The molecular formula is C44H39N7O8. The van der Waals surface area contributed by atoms with Crippen molar-refractivity contribution < 1.29 is 39.5 Å². The molecule has 0 spiro atoms. The summed E-state index contributed by atoms with van der Waals surface area (Å²) >= 11 is 0. The summed E-state index contributed by atoms with van der Waals surface area (Å²) in [4.78, 5) is 65.4. The van der Waals surface area contributed by atoms with E-state index in [0.29, 0.717) is 5.69 Å². The number of amides is 3. The number of nitrogens with zero attached hydrogens (tertiary/aromatic N) is 4. The minimum atomic E-state index is -0.995. The van der Waals surface area contributed by atoms with E-state index in [2.05, 4.69) is 25.4 Å². The molecule has 4 heterocycles. The highest BCUT2D eigenvalue weighted by atomic mass is 16.7. The maximum atomic E-state index is 11.8. The Hall–Kier alpha value is -7.72. The SMILES string of the molecule is CC(C)(C)ONC(=O)c1cc2ccccc2cn1.O=C(NO)c1cc2ccccc2cn1.O=C(NO)c1cc2ccccc2cn1.O=C(O)c1cc2ccccc2cn1. The zero-order chi connectivity index (χ0) is 42.4. The summed E-state index contributed by atoms with van der Waals surface area (Å²) in [6, 6.07) is 37.0. The number of rotatable bonds is 5. The molecule has 59 heavy (non-hydrogen) atoms. The number of carboxylic acid groups (broad SMARTS) is 1. The van der Waals surface area contributed by atoms with Gasteiger partial charge in [0.1, 0.15) is 22.8 Å². The van der Waals surface area contributed by atoms with Crippen LogP contribution < -0.4 is 16.4 Å². The quantitative estimate of drug-likeness (QED) is 0.0744. The van der Waals surface area contributed by atoms with Gasteiger partial charge in [-0.05, 0) is 66.6 Å². The van der Waals surface area contributed by atoms with Gasteiger partial charge in [0.05, 0.1) is 5.60 Å². The second-order valence-corrected chi connectivity index (χ2v) is 13.5. The van der Waals surface area contributed by atoms with Gasteiger partial charge in [-0.1, -0.05) is 97.1 Å². The highest BCUT2D eigenvalue weighted by Gasteiger charge is 2.15. The maximum absolute atomic E-state index is 11.8. The number of benzene rings is 4. The lowest BCUT2D eigenvalue weighted by atomic mass is 10.1. The predicted molar refractivity (Wildman–Crippen MR) is 221 cm³/mol. The van der Waals surface area contributed by atoms with Crippen LogP contribution in [0, 0.1) is 0 Å². The summed E-state index contributed by atoms with van der Waals surface area (Å²) in [6.07, 6.45) is 6.44. The van der Waals surface area contributed by atoms with Crippen LogP contribution in [0.2, 0.25) is 0 Å². The summed E-state index contributed by atoms with van der Waals surface area (Å²) < 4.78 is 0. The van der Waals surface area contributed by atoms with Crippen molar-refractivity contribution in [3.05, 3.63) is 169 Å². The highest BCUT2D eigenvalue weighted by Crippen LogP contribution is 2.16. The molecule has 4 aromatic heterocycles. The highest BCUT2D eigenvalue weighted by molar-refractivity contribution is 5.97. The summed E-state index contributed by atoms with van der Waals surface area (Å²) in [5.41, 5.74) is 5.89. The van der Waals surface area contributed by atoms with E-state index >= 15 is 0 Å². The summed E-state index contributed by atoms with van der Waals surface area (Å²) in [6.45, 7) is 5.59. The lowest BCUT2D eigenvalue weighted by molar-refractivity contribution is -0.0591. The number of aromatic nitrogens is 4. The van der Waals surface area contributed by atoms with Crippen molar-refractivity contribution in [3.8, 4) is 0 Å². The van der Waals surface area contributed by atoms with E-state index in [1.165, 1.54) is 0 Å². The van der Waals surface area contributed by atoms with Gasteiger partial charge in [-0.25, -0.2) is 26.2 Å². The zero-order valence-electron chi connectivity index (χ0n) is 32.0. The minimum absolute atomic E-state index is 0.0821. The van der Waals surface area contributed by atoms with Gasteiger partial charge in [0.15, 0.2) is 0 Å². The third kappa shape index (κ3) is 12.1. The van der Waals surface area contributed by atoms with Crippen LogP contribution in [0.5, 0.6) is 0 Å². The fourth-order valence-electron chi connectivity index (χ4n) is 5.19. The second-order valence-electron chi connectivity index (χ2n) is 13.5. The van der Waals surface area contributed by atoms with Crippen molar-refractivity contribution in [2.24, 2.45) is 0 Å². The molecule has 0 saturated heterocycles. The first-order valence-corrected chi connectivity index (χ1v) is 17.8. The molecule has 298 valence electrons. The van der Waals surface area contributed by atoms with Gasteiger partial charge < -0.3 is 5.11 Å². The topological polar surface area (TPSA) is 226 Å². The molecule has 15 nitrogen and oxygen atoms in total. The van der Waals surface area contributed by atoms with Crippen LogP contribution in [0.4, 0.5) is 0 Å². The van der Waals surface area contributed by atoms with E-state index in [-0.39, 0.29) is 23.0 Å². The second kappa shape index (κ2) is 19.9. The van der Waals surface area contributed by atoms with Crippen LogP contribution in [0.1, 0.15) is 62.7 Å². The van der Waals surface area contributed by atoms with E-state index in [1.54, 1.807) is 60.0 Å². The molecule has 0 aliphatic heterocycles. The van der Waals surface area contributed by atoms with Gasteiger partial charge in [0.2, 0.25) is 0 Å². The van der Waals surface area contributed by atoms with Gasteiger partial charge >= 0.3 is 5.97 Å². The molecule has 15 heteroatoms. The first-order valence-electron chi connectivity index (χ1n) is 17.8. The Kier molecular flexibility index (Phi) is 14.3. The minimum Gasteiger partial charge on any atom is -0.477 e. The first-order chi connectivity index (χ1) is 28.3. The van der Waals surface area contributed by atoms with E-state index in [0.717, 1.165) is 43.1 Å². The Labute approximate surface area is 337 Å². The van der Waals surface area contributed by atoms with Crippen molar-refractivity contribution in [3.63, 3.8) is 0 Å². The van der Waals surface area contributed by atoms with Crippen molar-refractivity contribution in [1.82, 2.24) is 36.4 Å². The Morgan fingerprint density at radius 1 is 0.458 bits per heavy atom. The van der Waals surface area contributed by atoms with Crippen LogP contribution in [0.25, 0.3) is 43.1 Å². The van der Waals surface area contributed by atoms with Gasteiger partial charge in [-0.2, -0.15) is 0 Å². The molecule has 0 aliphatic rings. The van der Waals surface area contributed by atoms with Crippen molar-refractivity contribution in [1.29, 1.82) is 0 Å². The standard InChI is InChI=1S/C14H16N2O2.2C10H8N2O2.C10H7NO2/c1-14(2,3)18-16-13(17)12-8-10-6-4-5-7-11(10)9-15-12;2*13-10(12-14)9-5-7-3-1-2-4-8(7)6-11-9;12-10(13)9-5-7-3-1-2-4-8(7)6-11-9/h4-9H,1-3H3,(H,16,17);2*1-6,14H,(H,12,13);1-6H,(H,12,13). The van der Waals surface area contributed by atoms with E-state index in [4.69, 9.17) is 20.4 Å². The first kappa shape index (κ1) is 42.4. The average molecular weight is 794 g/mol. The average Bonchev–Trinajstić information content (AvgIpc) is 3.27. The van der Waals surface area contributed by atoms with Gasteiger partial charge in [0, 0.05) is 46.3 Å². The number of hydrogen-bond acceptors (Lipinski definition) is 11. The number of carboxylic acids is 1. The third-order valence-corrected chi connectivity index (χ3v) is 8.09. The number of hydrogen-bond donors (Lipinski definition) is 6. The van der Waals surface area contributed by atoms with Crippen molar-refractivity contribution in [2.45, 2.75) is 26.4 Å². The fraction of sp³-hybridized carbons (Fsp3) is 0.0909. The molecule has 0 radical (unpaired) electrons. The van der Waals surface area contributed by atoms with E-state index in [1.807, 2.05) is 118 Å². The normalized spacial score (nSPS) is 10.5. The van der Waals surface area contributed by atoms with Gasteiger partial charge in [-0.15, -0.1) is 0 Å². The Morgan fingerprint density at radius 2 is 0.729 bits per heavy atom. The van der Waals surface area contributed by atoms with E-state index in [9.17, 15) is 19.2 Å². The molecular weight excluding hydrogens is 755 g/mol. The van der Waals surface area contributed by atoms with Crippen molar-refractivity contribution in [2.75, 3.05) is 0 Å². The molecule has 8 aromatic rings. The van der Waals surface area contributed by atoms with Crippen LogP contribution in [-0.2, 0) is 4.84 Å². The summed E-state index contributed by atoms with van der Waals surface area (Å²) in [5, 5.41) is 33.1. The third-order valence-electron chi connectivity index (χ3n) is 8.09. The summed E-state index contributed by atoms with van der Waals surface area (Å²) in [7, 11) is 0. The Balaban J connectivity index is 0.000000151. The molecule has 8 rings (SSSR count). The van der Waals surface area contributed by atoms with Crippen LogP contribution >= 0.6 is 0 Å². The number of nitrogens with one attached hydrogen (secondary N) is 3. The molecule has 0 aliphatic carbocycles. The largest absolute Gasteiger partial charge is 0.477 e. The summed E-state index contributed by atoms with van der Waals surface area (Å²) in [5.74, 6) is -2.53. The lowest BCUT2D eigenvalue weighted by Gasteiger charge is -2.18. The number of carbonyl (C=O) groups excluding carboxylic acids is 3. The smallest absolute Gasteiger partial charge is 0.354 e.